The number of aryl methyl sites for hydroxylation is 1. The van der Waals surface area contributed by atoms with Gasteiger partial charge in [-0.15, -0.1) is 11.6 Å². The smallest absolute Gasteiger partial charge is 0.0539 e. The van der Waals surface area contributed by atoms with Gasteiger partial charge >= 0.3 is 0 Å². The van der Waals surface area contributed by atoms with Crippen molar-refractivity contribution >= 4 is 17.3 Å². The zero-order chi connectivity index (χ0) is 11.4. The van der Waals surface area contributed by atoms with Crippen LogP contribution in [0.25, 0.3) is 0 Å². The Kier molecular flexibility index (Phi) is 3.47. The van der Waals surface area contributed by atoms with Crippen molar-refractivity contribution in [3.05, 3.63) is 47.8 Å². The molecule has 0 atom stereocenters. The lowest BCUT2D eigenvalue weighted by Crippen LogP contribution is -1.98. The Morgan fingerprint density at radius 3 is 2.56 bits per heavy atom. The molecule has 0 aliphatic carbocycles. The van der Waals surface area contributed by atoms with Gasteiger partial charge < -0.3 is 5.32 Å². The van der Waals surface area contributed by atoms with Crippen LogP contribution in [0.3, 0.4) is 0 Å². The maximum absolute atomic E-state index is 5.72. The van der Waals surface area contributed by atoms with Crippen LogP contribution >= 0.6 is 11.6 Å². The van der Waals surface area contributed by atoms with Crippen molar-refractivity contribution in [2.75, 3.05) is 5.32 Å². The van der Waals surface area contributed by atoms with Gasteiger partial charge in [0, 0.05) is 36.9 Å². The van der Waals surface area contributed by atoms with Crippen molar-refractivity contribution in [3.63, 3.8) is 0 Å². The van der Waals surface area contributed by atoms with Gasteiger partial charge in [-0.3, -0.25) is 4.68 Å². The van der Waals surface area contributed by atoms with Crippen LogP contribution in [-0.2, 0) is 19.5 Å². The largest absolute Gasteiger partial charge is 0.381 e. The molecule has 0 unspecified atom stereocenters. The fourth-order valence-electron chi connectivity index (χ4n) is 1.48. The first-order valence-electron chi connectivity index (χ1n) is 5.14. The molecule has 2 rings (SSSR count). The van der Waals surface area contributed by atoms with Gasteiger partial charge in [0.1, 0.15) is 0 Å². The predicted molar refractivity (Wildman–Crippen MR) is 66.5 cm³/mol. The van der Waals surface area contributed by atoms with Crippen molar-refractivity contribution in [1.82, 2.24) is 9.78 Å². The highest BCUT2D eigenvalue weighted by Crippen LogP contribution is 2.12. The van der Waals surface area contributed by atoms with Gasteiger partial charge in [0.25, 0.3) is 0 Å². The number of halogens is 1. The molecule has 2 aromatic rings. The molecule has 1 aromatic carbocycles. The van der Waals surface area contributed by atoms with Gasteiger partial charge in [-0.25, -0.2) is 0 Å². The lowest BCUT2D eigenvalue weighted by Gasteiger charge is -2.05. The third-order valence-electron chi connectivity index (χ3n) is 2.36. The average Bonchev–Trinajstić information content (AvgIpc) is 2.73. The molecule has 0 radical (unpaired) electrons. The van der Waals surface area contributed by atoms with Gasteiger partial charge in [0.15, 0.2) is 0 Å². The molecule has 0 saturated heterocycles. The molecule has 0 saturated carbocycles. The number of alkyl halides is 1. The van der Waals surface area contributed by atoms with E-state index >= 15 is 0 Å². The first kappa shape index (κ1) is 11.0. The number of rotatable bonds is 4. The second-order valence-corrected chi connectivity index (χ2v) is 3.97. The summed E-state index contributed by atoms with van der Waals surface area (Å²) < 4.78 is 1.80. The number of nitrogens with one attached hydrogen (secondary N) is 1. The Morgan fingerprint density at radius 2 is 2.00 bits per heavy atom. The second kappa shape index (κ2) is 5.03. The van der Waals surface area contributed by atoms with Crippen LogP contribution in [0.4, 0.5) is 5.69 Å². The molecule has 1 aromatic heterocycles. The van der Waals surface area contributed by atoms with Crippen LogP contribution in [0.2, 0.25) is 0 Å². The fourth-order valence-corrected chi connectivity index (χ4v) is 1.66. The molecule has 1 N–H and O–H groups in total. The first-order chi connectivity index (χ1) is 7.78. The van der Waals surface area contributed by atoms with Gasteiger partial charge in [-0.1, -0.05) is 12.1 Å². The minimum atomic E-state index is 0.558. The summed E-state index contributed by atoms with van der Waals surface area (Å²) >= 11 is 5.72. The molecule has 0 fully saturated rings. The zero-order valence-electron chi connectivity index (χ0n) is 9.15. The van der Waals surface area contributed by atoms with E-state index in [1.807, 2.05) is 43.7 Å². The molecular formula is C12H14ClN3. The summed E-state index contributed by atoms with van der Waals surface area (Å²) in [5.74, 6) is 0.558. The SMILES string of the molecule is Cn1cc(CNc2ccc(CCl)cc2)cn1. The van der Waals surface area contributed by atoms with Crippen LogP contribution in [0.1, 0.15) is 11.1 Å². The number of hydrogen-bond donors (Lipinski definition) is 1. The van der Waals surface area contributed by atoms with Crippen molar-refractivity contribution in [2.24, 2.45) is 7.05 Å². The standard InChI is InChI=1S/C12H14ClN3/c1-16-9-11(8-15-16)7-14-12-4-2-10(6-13)3-5-12/h2-5,8-9,14H,6-7H2,1H3. The Hall–Kier alpha value is -1.48. The molecule has 3 nitrogen and oxygen atoms in total. The molecule has 0 amide bonds. The van der Waals surface area contributed by atoms with E-state index in [1.54, 1.807) is 4.68 Å². The maximum atomic E-state index is 5.72. The molecule has 0 aliphatic rings. The molecular weight excluding hydrogens is 222 g/mol. The van der Waals surface area contributed by atoms with Crippen molar-refractivity contribution in [2.45, 2.75) is 12.4 Å². The lowest BCUT2D eigenvalue weighted by molar-refractivity contribution is 0.767. The topological polar surface area (TPSA) is 29.9 Å². The molecule has 0 bridgehead atoms. The number of anilines is 1. The Bertz CT molecular complexity index is 448. The number of nitrogens with zero attached hydrogens (tertiary/aromatic N) is 2. The fraction of sp³-hybridized carbons (Fsp3) is 0.250. The maximum Gasteiger partial charge on any atom is 0.0539 e. The third-order valence-corrected chi connectivity index (χ3v) is 2.67. The number of hydrogen-bond acceptors (Lipinski definition) is 2. The highest BCUT2D eigenvalue weighted by Gasteiger charge is 1.96. The average molecular weight is 236 g/mol. The molecule has 84 valence electrons. The summed E-state index contributed by atoms with van der Waals surface area (Å²) in [4.78, 5) is 0. The van der Waals surface area contributed by atoms with Gasteiger partial charge in [-0.2, -0.15) is 5.10 Å². The Balaban J connectivity index is 1.94. The van der Waals surface area contributed by atoms with Crippen molar-refractivity contribution < 1.29 is 0 Å². The molecule has 0 aliphatic heterocycles. The van der Waals surface area contributed by atoms with Crippen LogP contribution in [0.5, 0.6) is 0 Å². The van der Waals surface area contributed by atoms with E-state index in [2.05, 4.69) is 10.4 Å². The lowest BCUT2D eigenvalue weighted by atomic mass is 10.2. The zero-order valence-corrected chi connectivity index (χ0v) is 9.91. The summed E-state index contributed by atoms with van der Waals surface area (Å²) in [6, 6.07) is 8.12. The van der Waals surface area contributed by atoms with E-state index < -0.39 is 0 Å². The van der Waals surface area contributed by atoms with Gasteiger partial charge in [0.05, 0.1) is 6.20 Å². The minimum Gasteiger partial charge on any atom is -0.381 e. The third kappa shape index (κ3) is 2.76. The first-order valence-corrected chi connectivity index (χ1v) is 5.67. The quantitative estimate of drug-likeness (QED) is 0.826. The Morgan fingerprint density at radius 1 is 1.25 bits per heavy atom. The number of benzene rings is 1. The summed E-state index contributed by atoms with van der Waals surface area (Å²) in [6.07, 6.45) is 3.86. The van der Waals surface area contributed by atoms with Crippen LogP contribution in [0, 0.1) is 0 Å². The minimum absolute atomic E-state index is 0.558. The molecule has 4 heteroatoms. The van der Waals surface area contributed by atoms with E-state index in [9.17, 15) is 0 Å². The van der Waals surface area contributed by atoms with Crippen molar-refractivity contribution in [3.8, 4) is 0 Å². The molecule has 16 heavy (non-hydrogen) atoms. The molecule has 1 heterocycles. The van der Waals surface area contributed by atoms with E-state index in [1.165, 1.54) is 5.56 Å². The summed E-state index contributed by atoms with van der Waals surface area (Å²) in [5, 5.41) is 7.44. The Labute approximate surface area is 100 Å². The van der Waals surface area contributed by atoms with Gasteiger partial charge in [0.2, 0.25) is 0 Å². The normalized spacial score (nSPS) is 10.4. The van der Waals surface area contributed by atoms with Crippen LogP contribution in [-0.4, -0.2) is 9.78 Å². The van der Waals surface area contributed by atoms with Crippen LogP contribution in [0.15, 0.2) is 36.7 Å². The predicted octanol–water partition coefficient (Wildman–Crippen LogP) is 2.77. The second-order valence-electron chi connectivity index (χ2n) is 3.71. The molecule has 0 spiro atoms. The van der Waals surface area contributed by atoms with Gasteiger partial charge in [-0.05, 0) is 17.7 Å². The summed E-state index contributed by atoms with van der Waals surface area (Å²) in [6.45, 7) is 0.786. The van der Waals surface area contributed by atoms with E-state index in [0.717, 1.165) is 17.8 Å². The summed E-state index contributed by atoms with van der Waals surface area (Å²) in [5.41, 5.74) is 3.40. The van der Waals surface area contributed by atoms with E-state index in [0.29, 0.717) is 5.88 Å². The van der Waals surface area contributed by atoms with Crippen molar-refractivity contribution in [1.29, 1.82) is 0 Å². The van der Waals surface area contributed by atoms with E-state index in [4.69, 9.17) is 11.6 Å². The summed E-state index contributed by atoms with van der Waals surface area (Å²) in [7, 11) is 1.92. The monoisotopic (exact) mass is 235 g/mol. The van der Waals surface area contributed by atoms with E-state index in [-0.39, 0.29) is 0 Å². The highest BCUT2D eigenvalue weighted by atomic mass is 35.5. The highest BCUT2D eigenvalue weighted by molar-refractivity contribution is 6.17. The van der Waals surface area contributed by atoms with Crippen LogP contribution < -0.4 is 5.32 Å². The number of aromatic nitrogens is 2.